The van der Waals surface area contributed by atoms with Gasteiger partial charge in [0.15, 0.2) is 5.11 Å². The van der Waals surface area contributed by atoms with E-state index in [4.69, 9.17) is 23.8 Å². The summed E-state index contributed by atoms with van der Waals surface area (Å²) in [6, 6.07) is 10.9. The predicted octanol–water partition coefficient (Wildman–Crippen LogP) is 5.75. The third-order valence-corrected chi connectivity index (χ3v) is 7.95. The Bertz CT molecular complexity index is 1330. The Morgan fingerprint density at radius 1 is 1.14 bits per heavy atom. The fraction of sp³-hybridized carbons (Fsp3) is 0.360. The van der Waals surface area contributed by atoms with E-state index in [0.29, 0.717) is 28.9 Å². The average Bonchev–Trinajstić information content (AvgIpc) is 3.18. The van der Waals surface area contributed by atoms with Crippen LogP contribution in [0.3, 0.4) is 0 Å². The van der Waals surface area contributed by atoms with Crippen molar-refractivity contribution in [3.63, 3.8) is 0 Å². The fourth-order valence-corrected chi connectivity index (χ4v) is 5.96. The van der Waals surface area contributed by atoms with Gasteiger partial charge in [-0.1, -0.05) is 31.5 Å². The van der Waals surface area contributed by atoms with Crippen LogP contribution in [0.25, 0.3) is 10.9 Å². The van der Waals surface area contributed by atoms with Gasteiger partial charge in [-0.15, -0.1) is 0 Å². The molecule has 35 heavy (non-hydrogen) atoms. The molecule has 1 aromatic heterocycles. The Labute approximate surface area is 218 Å². The molecule has 0 spiro atoms. The number of hydrazone groups is 1. The minimum Gasteiger partial charge on any atom is -0.347 e. The standard InChI is InChI=1S/C25H32ClN5O2S2/c1-5-12-31(13-6-2)35(32,33)20-9-11-24-21(15-20)19(17-30(24)7-3)16-27-29-25(34)28-23-10-8-18(4)14-22(23)26/h8-11,14-17H,5-7,12-13H2,1-4H3,(H2,28,29,34). The molecule has 1 heterocycles. The summed E-state index contributed by atoms with van der Waals surface area (Å²) in [6.45, 7) is 9.71. The van der Waals surface area contributed by atoms with E-state index in [1.165, 1.54) is 0 Å². The van der Waals surface area contributed by atoms with Crippen LogP contribution in [0, 0.1) is 6.92 Å². The van der Waals surface area contributed by atoms with Crippen molar-refractivity contribution in [2.24, 2.45) is 5.10 Å². The molecule has 0 amide bonds. The van der Waals surface area contributed by atoms with Gasteiger partial charge in [0.25, 0.3) is 0 Å². The molecule has 0 unspecified atom stereocenters. The summed E-state index contributed by atoms with van der Waals surface area (Å²) in [5.74, 6) is 0. The van der Waals surface area contributed by atoms with Crippen LogP contribution in [0.15, 0.2) is 52.6 Å². The number of nitrogens with zero attached hydrogens (tertiary/aromatic N) is 3. The smallest absolute Gasteiger partial charge is 0.243 e. The SMILES string of the molecule is CCCN(CCC)S(=O)(=O)c1ccc2c(c1)c(C=NNC(=S)Nc1ccc(C)cc1Cl)cn2CC. The van der Waals surface area contributed by atoms with Crippen molar-refractivity contribution in [3.05, 3.63) is 58.7 Å². The van der Waals surface area contributed by atoms with E-state index in [0.717, 1.165) is 41.4 Å². The second-order valence-electron chi connectivity index (χ2n) is 8.26. The maximum Gasteiger partial charge on any atom is 0.243 e. The van der Waals surface area contributed by atoms with E-state index in [1.54, 1.807) is 22.7 Å². The molecule has 0 saturated heterocycles. The summed E-state index contributed by atoms with van der Waals surface area (Å²) in [5, 5.41) is 8.98. The van der Waals surface area contributed by atoms with E-state index in [2.05, 4.69) is 20.4 Å². The molecule has 7 nitrogen and oxygen atoms in total. The van der Waals surface area contributed by atoms with Gasteiger partial charge in [0.1, 0.15) is 0 Å². The Hall–Kier alpha value is -2.46. The largest absolute Gasteiger partial charge is 0.347 e. The van der Waals surface area contributed by atoms with Crippen molar-refractivity contribution >= 4 is 61.8 Å². The molecule has 0 radical (unpaired) electrons. The molecule has 2 N–H and O–H groups in total. The highest BCUT2D eigenvalue weighted by molar-refractivity contribution is 7.89. The number of nitrogens with one attached hydrogen (secondary N) is 2. The Morgan fingerprint density at radius 2 is 1.86 bits per heavy atom. The zero-order valence-corrected chi connectivity index (χ0v) is 22.9. The topological polar surface area (TPSA) is 78.7 Å². The highest BCUT2D eigenvalue weighted by Gasteiger charge is 2.24. The number of sulfonamides is 1. The highest BCUT2D eigenvalue weighted by atomic mass is 35.5. The molecule has 188 valence electrons. The van der Waals surface area contributed by atoms with E-state index in [-0.39, 0.29) is 4.90 Å². The van der Waals surface area contributed by atoms with Crippen molar-refractivity contribution in [2.45, 2.75) is 52.0 Å². The molecule has 10 heteroatoms. The van der Waals surface area contributed by atoms with Crippen LogP contribution in [-0.2, 0) is 16.6 Å². The van der Waals surface area contributed by atoms with E-state index in [9.17, 15) is 8.42 Å². The van der Waals surface area contributed by atoms with Gasteiger partial charge in [-0.05, 0) is 74.8 Å². The lowest BCUT2D eigenvalue weighted by Gasteiger charge is -2.21. The second kappa shape index (κ2) is 12.0. The Balaban J connectivity index is 1.86. The maximum absolute atomic E-state index is 13.3. The number of aryl methyl sites for hydroxylation is 2. The lowest BCUT2D eigenvalue weighted by molar-refractivity contribution is 0.410. The van der Waals surface area contributed by atoms with Gasteiger partial charge in [0, 0.05) is 42.3 Å². The van der Waals surface area contributed by atoms with E-state index >= 15 is 0 Å². The summed E-state index contributed by atoms with van der Waals surface area (Å²) in [4.78, 5) is 0.287. The molecule has 0 saturated carbocycles. The van der Waals surface area contributed by atoms with Gasteiger partial charge >= 0.3 is 0 Å². The van der Waals surface area contributed by atoms with Crippen molar-refractivity contribution in [3.8, 4) is 0 Å². The molecule has 3 aromatic rings. The zero-order chi connectivity index (χ0) is 25.6. The molecule has 0 aliphatic rings. The van der Waals surface area contributed by atoms with E-state index in [1.807, 2.05) is 58.2 Å². The molecule has 0 aliphatic carbocycles. The average molecular weight is 534 g/mol. The summed E-state index contributed by atoms with van der Waals surface area (Å²) in [6.07, 6.45) is 5.12. The lowest BCUT2D eigenvalue weighted by atomic mass is 10.2. The van der Waals surface area contributed by atoms with Gasteiger partial charge in [0.05, 0.1) is 21.8 Å². The number of aromatic nitrogens is 1. The zero-order valence-electron chi connectivity index (χ0n) is 20.5. The fourth-order valence-electron chi connectivity index (χ4n) is 3.86. The van der Waals surface area contributed by atoms with E-state index < -0.39 is 10.0 Å². The molecular weight excluding hydrogens is 502 g/mol. The molecule has 0 bridgehead atoms. The number of hydrogen-bond donors (Lipinski definition) is 2. The van der Waals surface area contributed by atoms with Gasteiger partial charge < -0.3 is 9.88 Å². The Kier molecular flexibility index (Phi) is 9.29. The maximum atomic E-state index is 13.3. The molecule has 3 rings (SSSR count). The lowest BCUT2D eigenvalue weighted by Crippen LogP contribution is -2.32. The number of thiocarbonyl (C=S) groups is 1. The van der Waals surface area contributed by atoms with Crippen molar-refractivity contribution < 1.29 is 8.42 Å². The quantitative estimate of drug-likeness (QED) is 0.197. The van der Waals surface area contributed by atoms with Crippen LogP contribution in [0.4, 0.5) is 5.69 Å². The summed E-state index contributed by atoms with van der Waals surface area (Å²) in [5.41, 5.74) is 6.28. The second-order valence-corrected chi connectivity index (χ2v) is 11.0. The normalized spacial score (nSPS) is 12.1. The van der Waals surface area contributed by atoms with Crippen LogP contribution >= 0.6 is 23.8 Å². The first kappa shape index (κ1) is 27.1. The van der Waals surface area contributed by atoms with Crippen molar-refractivity contribution in [2.75, 3.05) is 18.4 Å². The summed E-state index contributed by atoms with van der Waals surface area (Å²) in [7, 11) is -3.59. The minimum absolute atomic E-state index is 0.287. The van der Waals surface area contributed by atoms with Gasteiger partial charge in [0.2, 0.25) is 10.0 Å². The van der Waals surface area contributed by atoms with Gasteiger partial charge in [-0.3, -0.25) is 5.43 Å². The van der Waals surface area contributed by atoms with Crippen LogP contribution in [0.5, 0.6) is 0 Å². The molecule has 0 atom stereocenters. The van der Waals surface area contributed by atoms with Gasteiger partial charge in [-0.2, -0.15) is 9.41 Å². The molecule has 2 aromatic carbocycles. The minimum atomic E-state index is -3.59. The third kappa shape index (κ3) is 6.41. The van der Waals surface area contributed by atoms with Crippen LogP contribution < -0.4 is 10.7 Å². The first-order valence-corrected chi connectivity index (χ1v) is 13.9. The summed E-state index contributed by atoms with van der Waals surface area (Å²) < 4.78 is 30.2. The number of fused-ring (bicyclic) bond motifs is 1. The van der Waals surface area contributed by atoms with Crippen LogP contribution in [0.2, 0.25) is 5.02 Å². The number of rotatable bonds is 10. The predicted molar refractivity (Wildman–Crippen MR) is 150 cm³/mol. The molecular formula is C25H32ClN5O2S2. The number of anilines is 1. The first-order valence-electron chi connectivity index (χ1n) is 11.7. The first-order chi connectivity index (χ1) is 16.7. The molecule has 0 aliphatic heterocycles. The molecule has 0 fully saturated rings. The third-order valence-electron chi connectivity index (χ3n) is 5.55. The van der Waals surface area contributed by atoms with Gasteiger partial charge in [-0.25, -0.2) is 8.42 Å². The monoisotopic (exact) mass is 533 g/mol. The number of hydrogen-bond acceptors (Lipinski definition) is 4. The van der Waals surface area contributed by atoms with Crippen LogP contribution in [-0.4, -0.2) is 41.7 Å². The number of benzene rings is 2. The van der Waals surface area contributed by atoms with Crippen molar-refractivity contribution in [1.29, 1.82) is 0 Å². The summed E-state index contributed by atoms with van der Waals surface area (Å²) >= 11 is 11.6. The highest BCUT2D eigenvalue weighted by Crippen LogP contribution is 2.26. The number of halogens is 1. The Morgan fingerprint density at radius 3 is 2.49 bits per heavy atom. The van der Waals surface area contributed by atoms with Crippen molar-refractivity contribution in [1.82, 2.24) is 14.3 Å². The van der Waals surface area contributed by atoms with Crippen LogP contribution in [0.1, 0.15) is 44.7 Å².